The fraction of sp³-hybridized carbons (Fsp3) is 0.0800. The number of rotatable bonds is 5. The summed E-state index contributed by atoms with van der Waals surface area (Å²) in [6.07, 6.45) is 0. The molecule has 0 radical (unpaired) electrons. The molecule has 0 spiro atoms. The van der Waals surface area contributed by atoms with E-state index in [4.69, 9.17) is 10.1 Å². The van der Waals surface area contributed by atoms with Gasteiger partial charge in [0.05, 0.1) is 22.8 Å². The van der Waals surface area contributed by atoms with E-state index in [0.29, 0.717) is 22.8 Å². The van der Waals surface area contributed by atoms with Crippen molar-refractivity contribution in [2.24, 2.45) is 10.1 Å². The lowest BCUT2D eigenvalue weighted by atomic mass is 10.1. The van der Waals surface area contributed by atoms with Crippen LogP contribution in [0, 0.1) is 10.1 Å². The number of fused-ring (bicyclic) bond motifs is 1. The van der Waals surface area contributed by atoms with Gasteiger partial charge in [-0.05, 0) is 23.8 Å². The Hall–Kier alpha value is -4.37. The van der Waals surface area contributed by atoms with Gasteiger partial charge in [0, 0.05) is 35.7 Å². The minimum absolute atomic E-state index is 0.00681. The van der Waals surface area contributed by atoms with Crippen LogP contribution in [0.4, 0.5) is 11.4 Å². The van der Waals surface area contributed by atoms with Gasteiger partial charge in [0.15, 0.2) is 5.71 Å². The highest BCUT2D eigenvalue weighted by atomic mass is 32.1. The number of amides is 1. The monoisotopic (exact) mass is 469 g/mol. The molecule has 0 fully saturated rings. The summed E-state index contributed by atoms with van der Waals surface area (Å²) in [5.41, 5.74) is 4.35. The van der Waals surface area contributed by atoms with Crippen LogP contribution < -0.4 is 9.70 Å². The van der Waals surface area contributed by atoms with E-state index in [1.54, 1.807) is 28.8 Å². The van der Waals surface area contributed by atoms with Crippen LogP contribution in [0.5, 0.6) is 0 Å². The minimum atomic E-state index is -0.434. The van der Waals surface area contributed by atoms with Crippen LogP contribution in [0.15, 0.2) is 94.3 Å². The van der Waals surface area contributed by atoms with Crippen molar-refractivity contribution in [3.05, 3.63) is 110 Å². The van der Waals surface area contributed by atoms with E-state index >= 15 is 0 Å². The molecule has 2 heterocycles. The van der Waals surface area contributed by atoms with Gasteiger partial charge in [-0.3, -0.25) is 19.9 Å². The van der Waals surface area contributed by atoms with E-state index < -0.39 is 4.92 Å². The van der Waals surface area contributed by atoms with E-state index in [2.05, 4.69) is 0 Å². The van der Waals surface area contributed by atoms with Crippen LogP contribution >= 0.6 is 11.3 Å². The molecular weight excluding hydrogens is 450 g/mol. The number of hydrogen-bond donors (Lipinski definition) is 0. The van der Waals surface area contributed by atoms with Crippen molar-refractivity contribution in [2.45, 2.75) is 6.54 Å². The number of likely N-dealkylation sites (N-methyl/N-ethyl adjacent to an activating group) is 1. The predicted octanol–water partition coefficient (Wildman–Crippen LogP) is 4.45. The number of para-hydroxylation sites is 1. The smallest absolute Gasteiger partial charge is 0.279 e. The van der Waals surface area contributed by atoms with Crippen LogP contribution in [0.1, 0.15) is 11.1 Å². The zero-order valence-corrected chi connectivity index (χ0v) is 19.0. The van der Waals surface area contributed by atoms with Crippen molar-refractivity contribution in [3.8, 4) is 11.3 Å². The van der Waals surface area contributed by atoms with Crippen molar-refractivity contribution < 1.29 is 9.72 Å². The molecule has 34 heavy (non-hydrogen) atoms. The second kappa shape index (κ2) is 8.87. The highest BCUT2D eigenvalue weighted by Crippen LogP contribution is 2.29. The average molecular weight is 470 g/mol. The van der Waals surface area contributed by atoms with Crippen LogP contribution in [0.2, 0.25) is 0 Å². The third kappa shape index (κ3) is 3.93. The molecule has 3 aromatic carbocycles. The Labute approximate surface area is 198 Å². The summed E-state index contributed by atoms with van der Waals surface area (Å²) < 4.78 is 1.65. The summed E-state index contributed by atoms with van der Waals surface area (Å²) in [5, 5.41) is 17.7. The maximum absolute atomic E-state index is 13.0. The van der Waals surface area contributed by atoms with Gasteiger partial charge in [0.1, 0.15) is 0 Å². The molecule has 168 valence electrons. The molecule has 1 amide bonds. The molecule has 1 aromatic heterocycles. The number of anilines is 1. The van der Waals surface area contributed by atoms with Crippen LogP contribution in [0.3, 0.4) is 0 Å². The Morgan fingerprint density at radius 3 is 2.41 bits per heavy atom. The molecular formula is C25H19N5O3S. The van der Waals surface area contributed by atoms with E-state index in [1.165, 1.54) is 23.5 Å². The normalized spacial score (nSPS) is 14.6. The summed E-state index contributed by atoms with van der Waals surface area (Å²) in [6.45, 7) is 0.455. The van der Waals surface area contributed by atoms with Gasteiger partial charge in [-0.25, -0.2) is 4.68 Å². The third-order valence-corrected chi connectivity index (χ3v) is 6.38. The lowest BCUT2D eigenvalue weighted by molar-refractivity contribution is -0.384. The number of non-ortho nitro benzene ring substituents is 1. The fourth-order valence-electron chi connectivity index (χ4n) is 3.75. The minimum Gasteiger partial charge on any atom is -0.309 e. The zero-order chi connectivity index (χ0) is 23.7. The molecule has 0 unspecified atom stereocenters. The third-order valence-electron chi connectivity index (χ3n) is 5.53. The maximum atomic E-state index is 13.0. The Morgan fingerprint density at radius 1 is 0.971 bits per heavy atom. The number of aromatic nitrogens is 1. The summed E-state index contributed by atoms with van der Waals surface area (Å²) in [4.78, 5) is 30.6. The van der Waals surface area contributed by atoms with Crippen LogP contribution in [-0.2, 0) is 11.3 Å². The van der Waals surface area contributed by atoms with Crippen LogP contribution in [-0.4, -0.2) is 28.3 Å². The van der Waals surface area contributed by atoms with Crippen LogP contribution in [0.25, 0.3) is 11.3 Å². The highest BCUT2D eigenvalue weighted by molar-refractivity contribution is 7.07. The molecule has 9 heteroatoms. The highest BCUT2D eigenvalue weighted by Gasteiger charge is 2.31. The number of hydrogen-bond acceptors (Lipinski definition) is 6. The SMILES string of the molecule is CN1C(=O)C(=Nn2c(-c3ccc([N+](=O)[O-])cc3)csc2=NCc2ccccc2)c2ccccc21. The first-order valence-electron chi connectivity index (χ1n) is 10.5. The molecule has 0 aliphatic carbocycles. The van der Waals surface area contributed by atoms with Gasteiger partial charge in [-0.15, -0.1) is 11.3 Å². The molecule has 8 nitrogen and oxygen atoms in total. The largest absolute Gasteiger partial charge is 0.309 e. The first-order chi connectivity index (χ1) is 16.5. The molecule has 0 saturated carbocycles. The molecule has 1 aliphatic rings. The fourth-order valence-corrected chi connectivity index (χ4v) is 4.58. The molecule has 4 aromatic rings. The number of thiazole rings is 1. The predicted molar refractivity (Wildman–Crippen MR) is 132 cm³/mol. The number of benzene rings is 3. The number of carbonyl (C=O) groups is 1. The molecule has 0 saturated heterocycles. The zero-order valence-electron chi connectivity index (χ0n) is 18.2. The number of nitrogens with zero attached hydrogens (tertiary/aromatic N) is 5. The van der Waals surface area contributed by atoms with Crippen molar-refractivity contribution in [1.29, 1.82) is 0 Å². The molecule has 5 rings (SSSR count). The summed E-state index contributed by atoms with van der Waals surface area (Å²) in [6, 6.07) is 23.6. The van der Waals surface area contributed by atoms with Gasteiger partial charge in [-0.1, -0.05) is 48.5 Å². The van der Waals surface area contributed by atoms with Gasteiger partial charge in [0.2, 0.25) is 4.80 Å². The summed E-state index contributed by atoms with van der Waals surface area (Å²) in [7, 11) is 1.72. The molecule has 1 aliphatic heterocycles. The van der Waals surface area contributed by atoms with Gasteiger partial charge in [0.25, 0.3) is 11.6 Å². The number of nitro benzene ring substituents is 1. The Bertz CT molecular complexity index is 1490. The maximum Gasteiger partial charge on any atom is 0.279 e. The van der Waals surface area contributed by atoms with Gasteiger partial charge in [-0.2, -0.15) is 5.10 Å². The first kappa shape index (κ1) is 21.5. The van der Waals surface area contributed by atoms with E-state index in [1.807, 2.05) is 60.0 Å². The van der Waals surface area contributed by atoms with E-state index in [9.17, 15) is 14.9 Å². The van der Waals surface area contributed by atoms with E-state index in [-0.39, 0.29) is 11.6 Å². The lowest BCUT2D eigenvalue weighted by Gasteiger charge is -2.07. The average Bonchev–Trinajstić information content (AvgIpc) is 3.38. The second-order valence-electron chi connectivity index (χ2n) is 7.65. The summed E-state index contributed by atoms with van der Waals surface area (Å²) in [5.74, 6) is -0.205. The van der Waals surface area contributed by atoms with Gasteiger partial charge < -0.3 is 4.90 Å². The molecule has 0 N–H and O–H groups in total. The molecule has 0 atom stereocenters. The topological polar surface area (TPSA) is 93.1 Å². The standard InChI is InChI=1S/C25H19N5O3S/c1-28-21-10-6-5-9-20(21)23(24(28)31)27-29-22(18-11-13-19(14-12-18)30(32)33)16-34-25(29)26-15-17-7-3-2-4-8-17/h2-14,16H,15H2,1H3. The number of carbonyl (C=O) groups excluding carboxylic acids is 1. The van der Waals surface area contributed by atoms with Crippen molar-refractivity contribution >= 4 is 34.3 Å². The lowest BCUT2D eigenvalue weighted by Crippen LogP contribution is -2.27. The Kier molecular flexibility index (Phi) is 5.60. The van der Waals surface area contributed by atoms with Crippen molar-refractivity contribution in [1.82, 2.24) is 4.68 Å². The van der Waals surface area contributed by atoms with Crippen molar-refractivity contribution in [2.75, 3.05) is 11.9 Å². The molecule has 0 bridgehead atoms. The quantitative estimate of drug-likeness (QED) is 0.319. The second-order valence-corrected chi connectivity index (χ2v) is 8.49. The van der Waals surface area contributed by atoms with Gasteiger partial charge >= 0.3 is 0 Å². The number of nitro groups is 1. The first-order valence-corrected chi connectivity index (χ1v) is 11.4. The summed E-state index contributed by atoms with van der Waals surface area (Å²) >= 11 is 1.40. The van der Waals surface area contributed by atoms with Crippen molar-refractivity contribution in [3.63, 3.8) is 0 Å². The Balaban J connectivity index is 1.66. The Morgan fingerprint density at radius 2 is 1.68 bits per heavy atom. The van der Waals surface area contributed by atoms with E-state index in [0.717, 1.165) is 22.4 Å².